The Labute approximate surface area is 166 Å². The van der Waals surface area contributed by atoms with Crippen molar-refractivity contribution in [2.75, 3.05) is 0 Å². The number of nitrogens with two attached hydrogens (primary N) is 1. The van der Waals surface area contributed by atoms with Gasteiger partial charge in [0.2, 0.25) is 0 Å². The Morgan fingerprint density at radius 1 is 1.24 bits per heavy atom. The van der Waals surface area contributed by atoms with Crippen molar-refractivity contribution in [2.45, 2.75) is 39.1 Å². The molecular weight excluding hydrogens is 387 g/mol. The van der Waals surface area contributed by atoms with E-state index >= 15 is 0 Å². The number of hydrogen-bond donors (Lipinski definition) is 2. The van der Waals surface area contributed by atoms with E-state index in [9.17, 15) is 18.0 Å². The number of aliphatic imine (C=N–C) groups is 1. The predicted octanol–water partition coefficient (Wildman–Crippen LogP) is 3.89. The molecule has 29 heavy (non-hydrogen) atoms. The molecule has 0 unspecified atom stereocenters. The van der Waals surface area contributed by atoms with Gasteiger partial charge in [0.1, 0.15) is 5.60 Å². The number of aromatic nitrogens is 2. The summed E-state index contributed by atoms with van der Waals surface area (Å²) in [6.45, 7) is 5.11. The molecule has 0 aliphatic rings. The fraction of sp³-hybridized carbons (Fsp3) is 0.316. The molecular formula is C19H22F3N5O2. The van der Waals surface area contributed by atoms with Crippen molar-refractivity contribution in [2.24, 2.45) is 10.7 Å². The Kier molecular flexibility index (Phi) is 6.68. The van der Waals surface area contributed by atoms with Crippen molar-refractivity contribution >= 4 is 17.6 Å². The van der Waals surface area contributed by atoms with Crippen LogP contribution in [-0.2, 0) is 11.3 Å². The lowest BCUT2D eigenvalue weighted by Crippen LogP contribution is -2.38. The Hall–Kier alpha value is -3.30. The molecule has 0 aliphatic carbocycles. The minimum atomic E-state index is -4.89. The average molecular weight is 409 g/mol. The molecule has 1 aromatic heterocycles. The molecule has 2 rings (SSSR count). The average Bonchev–Trinajstić information content (AvgIpc) is 3.03. The van der Waals surface area contributed by atoms with Crippen molar-refractivity contribution in [3.8, 4) is 0 Å². The topological polar surface area (TPSA) is 94.5 Å². The lowest BCUT2D eigenvalue weighted by atomic mass is 10.2. The molecule has 2 aromatic rings. The summed E-state index contributed by atoms with van der Waals surface area (Å²) in [5.41, 5.74) is 3.21. The highest BCUT2D eigenvalue weighted by Crippen LogP contribution is 2.24. The molecule has 10 heteroatoms. The molecule has 3 N–H and O–H groups in total. The maximum Gasteiger partial charge on any atom is 0.435 e. The van der Waals surface area contributed by atoms with Gasteiger partial charge < -0.3 is 10.5 Å². The van der Waals surface area contributed by atoms with Crippen molar-refractivity contribution in [1.29, 1.82) is 0 Å². The summed E-state index contributed by atoms with van der Waals surface area (Å²) in [5, 5.41) is 6.02. The largest absolute Gasteiger partial charge is 0.444 e. The SMILES string of the molecule is CC(C)(C)OC(=O)N/C(=C/N)C(=Nc1ccn(Cc2ccccc2)n1)C(F)(F)F. The number of hydrogen-bond acceptors (Lipinski definition) is 5. The third-order valence-electron chi connectivity index (χ3n) is 3.37. The maximum absolute atomic E-state index is 13.5. The number of amides is 1. The lowest BCUT2D eigenvalue weighted by molar-refractivity contribution is -0.0584. The first kappa shape index (κ1) is 22.0. The zero-order valence-electron chi connectivity index (χ0n) is 16.2. The molecule has 0 fully saturated rings. The number of carbonyl (C=O) groups is 1. The van der Waals surface area contributed by atoms with E-state index in [0.717, 1.165) is 5.56 Å². The number of allylic oxidation sites excluding steroid dienone is 1. The van der Waals surface area contributed by atoms with E-state index in [1.807, 2.05) is 35.6 Å². The Balaban J connectivity index is 2.25. The van der Waals surface area contributed by atoms with Crippen molar-refractivity contribution in [1.82, 2.24) is 15.1 Å². The number of ether oxygens (including phenoxy) is 1. The molecule has 7 nitrogen and oxygen atoms in total. The molecule has 0 saturated carbocycles. The summed E-state index contributed by atoms with van der Waals surface area (Å²) in [5.74, 6) is -0.182. The van der Waals surface area contributed by atoms with Crippen molar-refractivity contribution < 1.29 is 22.7 Å². The van der Waals surface area contributed by atoms with Gasteiger partial charge in [0.05, 0.1) is 12.2 Å². The van der Waals surface area contributed by atoms with E-state index in [0.29, 0.717) is 12.7 Å². The van der Waals surface area contributed by atoms with Crippen LogP contribution in [0.3, 0.4) is 0 Å². The van der Waals surface area contributed by atoms with Gasteiger partial charge in [-0.3, -0.25) is 10.00 Å². The van der Waals surface area contributed by atoms with Gasteiger partial charge in [-0.1, -0.05) is 30.3 Å². The van der Waals surface area contributed by atoms with E-state index in [1.54, 1.807) is 20.8 Å². The van der Waals surface area contributed by atoms with E-state index in [4.69, 9.17) is 10.5 Å². The number of benzene rings is 1. The van der Waals surface area contributed by atoms with Gasteiger partial charge >= 0.3 is 12.3 Å². The summed E-state index contributed by atoms with van der Waals surface area (Å²) < 4.78 is 47.0. The summed E-state index contributed by atoms with van der Waals surface area (Å²) >= 11 is 0. The third-order valence-corrected chi connectivity index (χ3v) is 3.37. The van der Waals surface area contributed by atoms with Crippen LogP contribution in [0.1, 0.15) is 26.3 Å². The molecule has 0 aliphatic heterocycles. The van der Waals surface area contributed by atoms with E-state index in [-0.39, 0.29) is 5.82 Å². The van der Waals surface area contributed by atoms with Crippen LogP contribution in [0.5, 0.6) is 0 Å². The number of alkyl halides is 3. The summed E-state index contributed by atoms with van der Waals surface area (Å²) in [6.07, 6.45) is -3.85. The summed E-state index contributed by atoms with van der Waals surface area (Å²) in [6, 6.07) is 10.6. The molecule has 1 heterocycles. The first-order valence-electron chi connectivity index (χ1n) is 8.63. The van der Waals surface area contributed by atoms with Gasteiger partial charge in [0, 0.05) is 18.5 Å². The smallest absolute Gasteiger partial charge is 0.435 e. The highest BCUT2D eigenvalue weighted by Gasteiger charge is 2.39. The normalized spacial score (nSPS) is 13.3. The van der Waals surface area contributed by atoms with Gasteiger partial charge in [-0.15, -0.1) is 0 Å². The van der Waals surface area contributed by atoms with Gasteiger partial charge in [0.15, 0.2) is 11.5 Å². The molecule has 156 valence electrons. The van der Waals surface area contributed by atoms with Gasteiger partial charge in [-0.25, -0.2) is 9.79 Å². The fourth-order valence-electron chi connectivity index (χ4n) is 2.25. The lowest BCUT2D eigenvalue weighted by Gasteiger charge is -2.21. The molecule has 0 radical (unpaired) electrons. The monoisotopic (exact) mass is 409 g/mol. The fourth-order valence-corrected chi connectivity index (χ4v) is 2.25. The highest BCUT2D eigenvalue weighted by molar-refractivity contribution is 6.06. The molecule has 1 amide bonds. The second kappa shape index (κ2) is 8.80. The van der Waals surface area contributed by atoms with E-state index in [2.05, 4.69) is 10.1 Å². The van der Waals surface area contributed by atoms with Gasteiger partial charge in [0.25, 0.3) is 0 Å². The van der Waals surface area contributed by atoms with Crippen LogP contribution in [0.15, 0.2) is 59.5 Å². The third kappa shape index (κ3) is 6.98. The van der Waals surface area contributed by atoms with Crippen molar-refractivity contribution in [3.05, 3.63) is 60.1 Å². The first-order valence-corrected chi connectivity index (χ1v) is 8.63. The first-order chi connectivity index (χ1) is 13.5. The van der Waals surface area contributed by atoms with Crippen LogP contribution >= 0.6 is 0 Å². The van der Waals surface area contributed by atoms with Crippen LogP contribution in [0, 0.1) is 0 Å². The Morgan fingerprint density at radius 2 is 1.90 bits per heavy atom. The number of nitrogens with zero attached hydrogens (tertiary/aromatic N) is 3. The van der Waals surface area contributed by atoms with Crippen LogP contribution in [-0.4, -0.2) is 33.4 Å². The summed E-state index contributed by atoms with van der Waals surface area (Å²) in [4.78, 5) is 15.4. The number of halogens is 3. The van der Waals surface area contributed by atoms with Crippen LogP contribution in [0.25, 0.3) is 0 Å². The zero-order valence-corrected chi connectivity index (χ0v) is 16.2. The van der Waals surface area contributed by atoms with E-state index in [1.165, 1.54) is 16.9 Å². The van der Waals surface area contributed by atoms with Crippen LogP contribution in [0.2, 0.25) is 0 Å². The number of alkyl carbamates (subject to hydrolysis) is 1. The zero-order chi connectivity index (χ0) is 21.7. The van der Waals surface area contributed by atoms with Crippen LogP contribution in [0.4, 0.5) is 23.8 Å². The second-order valence-electron chi connectivity index (χ2n) is 7.02. The molecule has 0 bridgehead atoms. The second-order valence-corrected chi connectivity index (χ2v) is 7.02. The number of nitrogens with one attached hydrogen (secondary N) is 1. The molecule has 1 aromatic carbocycles. The van der Waals surface area contributed by atoms with Crippen LogP contribution < -0.4 is 11.1 Å². The van der Waals surface area contributed by atoms with Gasteiger partial charge in [-0.2, -0.15) is 18.3 Å². The number of carbonyl (C=O) groups excluding carboxylic acids is 1. The number of rotatable bonds is 5. The quantitative estimate of drug-likeness (QED) is 0.733. The Morgan fingerprint density at radius 3 is 2.45 bits per heavy atom. The van der Waals surface area contributed by atoms with E-state index < -0.39 is 29.3 Å². The minimum absolute atomic E-state index is 0.182. The summed E-state index contributed by atoms with van der Waals surface area (Å²) in [7, 11) is 0. The molecule has 0 saturated heterocycles. The predicted molar refractivity (Wildman–Crippen MR) is 103 cm³/mol. The Bertz CT molecular complexity index is 897. The molecule has 0 atom stereocenters. The maximum atomic E-state index is 13.5. The molecule has 0 spiro atoms. The minimum Gasteiger partial charge on any atom is -0.444 e. The van der Waals surface area contributed by atoms with Crippen molar-refractivity contribution in [3.63, 3.8) is 0 Å². The van der Waals surface area contributed by atoms with Gasteiger partial charge in [-0.05, 0) is 26.3 Å². The highest BCUT2D eigenvalue weighted by atomic mass is 19.4. The standard InChI is InChI=1S/C19H22F3N5O2/c1-18(2,3)29-17(28)24-14(11-23)16(19(20,21)22)25-15-9-10-27(26-15)12-13-7-5-4-6-8-13/h4-11H,12,23H2,1-3H3,(H,24,28)/b14-11+,25-16?.